The summed E-state index contributed by atoms with van der Waals surface area (Å²) in [4.78, 5) is 0. The Hall–Kier alpha value is -2.29. The second-order valence-electron chi connectivity index (χ2n) is 7.89. The molecule has 1 fully saturated rings. The van der Waals surface area contributed by atoms with E-state index in [2.05, 4.69) is 12.2 Å². The van der Waals surface area contributed by atoms with Crippen molar-refractivity contribution in [3.8, 4) is 0 Å². The van der Waals surface area contributed by atoms with Crippen LogP contribution in [0.15, 0.2) is 60.5 Å². The molecule has 0 bridgehead atoms. The fourth-order valence-electron chi connectivity index (χ4n) is 4.23. The number of allylic oxidation sites excluding steroid dienone is 5. The molecule has 0 nitrogen and oxygen atoms in total. The first-order chi connectivity index (χ1) is 14.0. The summed E-state index contributed by atoms with van der Waals surface area (Å²) in [5.41, 5.74) is 0.829. The highest BCUT2D eigenvalue weighted by atomic mass is 19.2. The Morgan fingerprint density at radius 1 is 1.00 bits per heavy atom. The van der Waals surface area contributed by atoms with Gasteiger partial charge in [0, 0.05) is 16.9 Å². The molecule has 0 spiro atoms. The van der Waals surface area contributed by atoms with Crippen molar-refractivity contribution in [3.05, 3.63) is 77.4 Å². The largest absolute Gasteiger partial charge is 0.208 e. The fourth-order valence-corrected chi connectivity index (χ4v) is 4.23. The SMILES string of the molecule is C/C=C/CCc1ccc2c(F)c(C(F)=C(F)C3CCC(/C=C/C)CC3)ccc2c1. The van der Waals surface area contributed by atoms with Gasteiger partial charge in [-0.15, -0.1) is 0 Å². The van der Waals surface area contributed by atoms with Crippen LogP contribution < -0.4 is 0 Å². The zero-order valence-electron chi connectivity index (χ0n) is 17.2. The second-order valence-corrected chi connectivity index (χ2v) is 7.89. The molecule has 1 saturated carbocycles. The number of fused-ring (bicyclic) bond motifs is 1. The first-order valence-electron chi connectivity index (χ1n) is 10.6. The highest BCUT2D eigenvalue weighted by molar-refractivity contribution is 5.87. The van der Waals surface area contributed by atoms with Gasteiger partial charge < -0.3 is 0 Å². The van der Waals surface area contributed by atoms with Gasteiger partial charge in [0.25, 0.3) is 0 Å². The lowest BCUT2D eigenvalue weighted by Crippen LogP contribution is -2.14. The molecule has 2 aromatic rings. The van der Waals surface area contributed by atoms with Gasteiger partial charge in [0.15, 0.2) is 5.83 Å². The van der Waals surface area contributed by atoms with Crippen LogP contribution in [0.4, 0.5) is 13.2 Å². The molecule has 0 heterocycles. The third-order valence-electron chi connectivity index (χ3n) is 5.89. The highest BCUT2D eigenvalue weighted by Crippen LogP contribution is 2.39. The van der Waals surface area contributed by atoms with E-state index >= 15 is 0 Å². The summed E-state index contributed by atoms with van der Waals surface area (Å²) in [5, 5.41) is 1.04. The number of halogens is 3. The topological polar surface area (TPSA) is 0 Å². The number of hydrogen-bond donors (Lipinski definition) is 0. The van der Waals surface area contributed by atoms with Crippen molar-refractivity contribution in [2.75, 3.05) is 0 Å². The van der Waals surface area contributed by atoms with E-state index < -0.39 is 23.4 Å². The maximum absolute atomic E-state index is 15.0. The van der Waals surface area contributed by atoms with Crippen LogP contribution in [0, 0.1) is 17.7 Å². The average Bonchev–Trinajstić information content (AvgIpc) is 2.74. The Morgan fingerprint density at radius 3 is 2.45 bits per heavy atom. The highest BCUT2D eigenvalue weighted by Gasteiger charge is 2.27. The molecule has 0 amide bonds. The van der Waals surface area contributed by atoms with Crippen LogP contribution in [0.25, 0.3) is 16.6 Å². The lowest BCUT2D eigenvalue weighted by atomic mass is 9.81. The van der Waals surface area contributed by atoms with Gasteiger partial charge in [-0.3, -0.25) is 0 Å². The Kier molecular flexibility index (Phi) is 7.35. The Morgan fingerprint density at radius 2 is 1.76 bits per heavy atom. The molecular weight excluding hydrogens is 369 g/mol. The van der Waals surface area contributed by atoms with E-state index in [1.807, 2.05) is 38.1 Å². The molecule has 2 aromatic carbocycles. The average molecular weight is 399 g/mol. The zero-order chi connectivity index (χ0) is 20.8. The van der Waals surface area contributed by atoms with E-state index in [-0.39, 0.29) is 5.56 Å². The van der Waals surface area contributed by atoms with Crippen LogP contribution in [0.1, 0.15) is 57.1 Å². The molecule has 0 N–H and O–H groups in total. The maximum Gasteiger partial charge on any atom is 0.165 e. The summed E-state index contributed by atoms with van der Waals surface area (Å²) in [5.74, 6) is -2.55. The van der Waals surface area contributed by atoms with Crippen molar-refractivity contribution in [1.82, 2.24) is 0 Å². The van der Waals surface area contributed by atoms with Gasteiger partial charge >= 0.3 is 0 Å². The summed E-state index contributed by atoms with van der Waals surface area (Å²) in [7, 11) is 0. The molecule has 0 unspecified atom stereocenters. The first kappa shape index (κ1) is 21.4. The summed E-state index contributed by atoms with van der Waals surface area (Å²) in [6, 6.07) is 8.51. The van der Waals surface area contributed by atoms with Crippen molar-refractivity contribution >= 4 is 16.6 Å². The zero-order valence-corrected chi connectivity index (χ0v) is 17.2. The van der Waals surface area contributed by atoms with Crippen LogP contribution in [0.3, 0.4) is 0 Å². The predicted octanol–water partition coefficient (Wildman–Crippen LogP) is 8.48. The quantitative estimate of drug-likeness (QED) is 0.428. The van der Waals surface area contributed by atoms with E-state index in [4.69, 9.17) is 0 Å². The van der Waals surface area contributed by atoms with E-state index in [1.165, 1.54) is 6.07 Å². The van der Waals surface area contributed by atoms with Gasteiger partial charge in [-0.1, -0.05) is 48.6 Å². The van der Waals surface area contributed by atoms with E-state index in [1.54, 1.807) is 12.1 Å². The van der Waals surface area contributed by atoms with Gasteiger partial charge in [0.05, 0.1) is 0 Å². The summed E-state index contributed by atoms with van der Waals surface area (Å²) in [6.45, 7) is 3.95. The number of benzene rings is 2. The molecule has 1 aliphatic carbocycles. The number of hydrogen-bond acceptors (Lipinski definition) is 0. The minimum Gasteiger partial charge on any atom is -0.208 e. The van der Waals surface area contributed by atoms with Gasteiger partial charge in [-0.2, -0.15) is 0 Å². The minimum atomic E-state index is -1.05. The lowest BCUT2D eigenvalue weighted by Gasteiger charge is -2.26. The summed E-state index contributed by atoms with van der Waals surface area (Å²) >= 11 is 0. The Labute approximate surface area is 171 Å². The molecule has 3 rings (SSSR count). The van der Waals surface area contributed by atoms with Gasteiger partial charge in [-0.05, 0) is 75.3 Å². The van der Waals surface area contributed by atoms with Crippen molar-refractivity contribution in [2.45, 2.75) is 52.4 Å². The van der Waals surface area contributed by atoms with Gasteiger partial charge in [0.1, 0.15) is 11.6 Å². The number of rotatable bonds is 6. The Balaban J connectivity index is 1.84. The van der Waals surface area contributed by atoms with Crippen molar-refractivity contribution < 1.29 is 13.2 Å². The molecule has 3 heteroatoms. The van der Waals surface area contributed by atoms with E-state index in [0.29, 0.717) is 29.5 Å². The molecule has 0 saturated heterocycles. The Bertz CT molecular complexity index is 928. The summed E-state index contributed by atoms with van der Waals surface area (Å²) in [6.07, 6.45) is 12.9. The molecule has 1 aliphatic rings. The van der Waals surface area contributed by atoms with E-state index in [0.717, 1.165) is 31.2 Å². The number of aryl methyl sites for hydroxylation is 1. The molecule has 0 radical (unpaired) electrons. The van der Waals surface area contributed by atoms with Crippen LogP contribution >= 0.6 is 0 Å². The van der Waals surface area contributed by atoms with Crippen LogP contribution in [0.2, 0.25) is 0 Å². The fraction of sp³-hybridized carbons (Fsp3) is 0.385. The standard InChI is InChI=1S/C26H29F3/c1-3-5-6-8-19-11-15-22-21(17-19)14-16-23(25(22)28)26(29)24(27)20-12-9-18(7-4-2)10-13-20/h3-5,7,11,14-18,20H,6,8-10,12-13H2,1-2H3/b5-3+,7-4+,26-24?. The van der Waals surface area contributed by atoms with Crippen molar-refractivity contribution in [3.63, 3.8) is 0 Å². The monoisotopic (exact) mass is 398 g/mol. The first-order valence-corrected chi connectivity index (χ1v) is 10.6. The normalized spacial score (nSPS) is 21.3. The van der Waals surface area contributed by atoms with Crippen LogP contribution in [0.5, 0.6) is 0 Å². The van der Waals surface area contributed by atoms with Crippen molar-refractivity contribution in [2.24, 2.45) is 11.8 Å². The van der Waals surface area contributed by atoms with Crippen LogP contribution in [-0.2, 0) is 6.42 Å². The second kappa shape index (κ2) is 9.96. The molecular formula is C26H29F3. The summed E-state index contributed by atoms with van der Waals surface area (Å²) < 4.78 is 44.7. The lowest BCUT2D eigenvalue weighted by molar-refractivity contribution is 0.304. The van der Waals surface area contributed by atoms with Gasteiger partial charge in [0.2, 0.25) is 0 Å². The minimum absolute atomic E-state index is 0.271. The van der Waals surface area contributed by atoms with Crippen LogP contribution in [-0.4, -0.2) is 0 Å². The van der Waals surface area contributed by atoms with E-state index in [9.17, 15) is 13.2 Å². The third kappa shape index (κ3) is 5.01. The smallest absolute Gasteiger partial charge is 0.165 e. The molecule has 154 valence electrons. The van der Waals surface area contributed by atoms with Crippen molar-refractivity contribution in [1.29, 1.82) is 0 Å². The third-order valence-corrected chi connectivity index (χ3v) is 5.89. The molecule has 29 heavy (non-hydrogen) atoms. The molecule has 0 aromatic heterocycles. The molecule has 0 aliphatic heterocycles. The predicted molar refractivity (Wildman–Crippen MR) is 116 cm³/mol. The molecule has 0 atom stereocenters. The van der Waals surface area contributed by atoms with Gasteiger partial charge in [-0.25, -0.2) is 13.2 Å². The maximum atomic E-state index is 15.0.